The average Bonchev–Trinajstić information content (AvgIpc) is 3.56. The lowest BCUT2D eigenvalue weighted by molar-refractivity contribution is -0.137. The van der Waals surface area contributed by atoms with Crippen LogP contribution in [0.25, 0.3) is 0 Å². The number of ketones is 1. The van der Waals surface area contributed by atoms with Gasteiger partial charge in [-0.05, 0) is 78.8 Å². The molecular weight excluding hydrogens is 614 g/mol. The fraction of sp³-hybridized carbons (Fsp3) is 0.543. The maximum atomic E-state index is 13.8. The smallest absolute Gasteiger partial charge is 0.245 e. The molecule has 0 saturated heterocycles. The highest BCUT2D eigenvalue weighted by Crippen LogP contribution is 2.19. The van der Waals surface area contributed by atoms with Gasteiger partial charge < -0.3 is 36.7 Å². The SMILES string of the molecule is CN[C@]1(C)CCCC=CCCC[C@](C)(C(C)=O)NC(=O)[C@H](Cc2ccccc2)NC(=O)[C@H](C(C)O)NC(=O)[C@H](Cc2cnc[nH]2)NC1=O. The third-order valence-electron chi connectivity index (χ3n) is 9.07. The Kier molecular flexibility index (Phi) is 14.0. The van der Waals surface area contributed by atoms with Crippen LogP contribution in [0, 0.1) is 0 Å². The Morgan fingerprint density at radius 2 is 1.58 bits per heavy atom. The summed E-state index contributed by atoms with van der Waals surface area (Å²) in [5.74, 6) is -2.71. The van der Waals surface area contributed by atoms with Crippen LogP contribution in [0.15, 0.2) is 55.0 Å². The summed E-state index contributed by atoms with van der Waals surface area (Å²) in [5.41, 5.74) is -0.851. The van der Waals surface area contributed by atoms with Crippen LogP contribution in [-0.2, 0) is 36.8 Å². The number of allylic oxidation sites excluding steroid dienone is 2. The standard InChI is InChI=1S/C35H51N7O6/c1-23(43)29-32(47)39-27(19-25-15-11-10-12-16-25)31(46)42-34(3,24(2)44)17-13-8-6-7-9-14-18-35(4,36-5)33(48)40-28(30(45)41-29)20-26-21-37-22-38-26/h6-7,10-12,15-16,21-23,27-29,36,43H,8-9,13-14,17-20H2,1-5H3,(H,37,38)(H,39,47)(H,40,48)(H,41,45)(H,42,46)/t23?,27-,28-,29-,34+,35+/m0/s1. The molecule has 1 aliphatic rings. The summed E-state index contributed by atoms with van der Waals surface area (Å²) in [5, 5.41) is 24.8. The second kappa shape index (κ2) is 17.7. The largest absolute Gasteiger partial charge is 0.391 e. The maximum Gasteiger partial charge on any atom is 0.245 e. The van der Waals surface area contributed by atoms with E-state index in [9.17, 15) is 29.1 Å². The number of Topliss-reactive ketones (excluding diaryl/α,β-unsaturated/α-hetero) is 1. The first kappa shape index (κ1) is 38.1. The summed E-state index contributed by atoms with van der Waals surface area (Å²) in [4.78, 5) is 74.7. The van der Waals surface area contributed by atoms with Gasteiger partial charge in [-0.2, -0.15) is 0 Å². The van der Waals surface area contributed by atoms with Gasteiger partial charge in [0.25, 0.3) is 0 Å². The highest BCUT2D eigenvalue weighted by atomic mass is 16.3. The summed E-state index contributed by atoms with van der Waals surface area (Å²) in [6.07, 6.45) is 9.40. The number of rotatable bonds is 7. The molecule has 0 aliphatic carbocycles. The van der Waals surface area contributed by atoms with E-state index in [0.717, 1.165) is 5.56 Å². The number of hydrogen-bond donors (Lipinski definition) is 7. The molecule has 0 saturated carbocycles. The number of imidazole rings is 1. The second-order valence-corrected chi connectivity index (χ2v) is 13.0. The molecule has 1 aromatic heterocycles. The Hall–Kier alpha value is -4.36. The highest BCUT2D eigenvalue weighted by Gasteiger charge is 2.38. The Labute approximate surface area is 282 Å². The molecule has 0 radical (unpaired) electrons. The number of carbonyl (C=O) groups excluding carboxylic acids is 5. The molecule has 1 aliphatic heterocycles. The number of hydrogen-bond acceptors (Lipinski definition) is 8. The van der Waals surface area contributed by atoms with E-state index in [1.54, 1.807) is 20.9 Å². The number of aromatic amines is 1. The van der Waals surface area contributed by atoms with Crippen molar-refractivity contribution in [3.05, 3.63) is 66.3 Å². The zero-order valence-electron chi connectivity index (χ0n) is 28.6. The third kappa shape index (κ3) is 10.8. The summed E-state index contributed by atoms with van der Waals surface area (Å²) in [7, 11) is 1.68. The number of aliphatic hydroxyl groups is 1. The minimum atomic E-state index is -1.47. The lowest BCUT2D eigenvalue weighted by atomic mass is 9.89. The minimum absolute atomic E-state index is 0.0386. The number of benzene rings is 1. The Balaban J connectivity index is 1.99. The van der Waals surface area contributed by atoms with Crippen molar-refractivity contribution in [2.24, 2.45) is 0 Å². The van der Waals surface area contributed by atoms with Crippen molar-refractivity contribution < 1.29 is 29.1 Å². The van der Waals surface area contributed by atoms with Crippen molar-refractivity contribution in [2.75, 3.05) is 7.05 Å². The van der Waals surface area contributed by atoms with Crippen molar-refractivity contribution in [2.45, 2.75) is 114 Å². The summed E-state index contributed by atoms with van der Waals surface area (Å²) in [6, 6.07) is 5.33. The molecule has 0 spiro atoms. The Morgan fingerprint density at radius 3 is 2.17 bits per heavy atom. The fourth-order valence-electron chi connectivity index (χ4n) is 5.54. The summed E-state index contributed by atoms with van der Waals surface area (Å²) < 4.78 is 0. The van der Waals surface area contributed by atoms with Gasteiger partial charge in [0.2, 0.25) is 23.6 Å². The number of nitrogens with one attached hydrogen (secondary N) is 6. The molecular formula is C35H51N7O6. The van der Waals surface area contributed by atoms with E-state index in [0.29, 0.717) is 44.2 Å². The molecule has 1 aromatic carbocycles. The predicted molar refractivity (Wildman–Crippen MR) is 181 cm³/mol. The van der Waals surface area contributed by atoms with E-state index in [-0.39, 0.29) is 18.6 Å². The summed E-state index contributed by atoms with van der Waals surface area (Å²) >= 11 is 0. The van der Waals surface area contributed by atoms with Crippen molar-refractivity contribution in [1.82, 2.24) is 36.6 Å². The second-order valence-electron chi connectivity index (χ2n) is 13.0. The van der Waals surface area contributed by atoms with Crippen LogP contribution >= 0.6 is 0 Å². The van der Waals surface area contributed by atoms with Crippen molar-refractivity contribution in [3.8, 4) is 0 Å². The maximum absolute atomic E-state index is 13.8. The molecule has 0 fully saturated rings. The van der Waals surface area contributed by atoms with Crippen molar-refractivity contribution in [1.29, 1.82) is 0 Å². The first-order chi connectivity index (χ1) is 22.8. The number of carbonyl (C=O) groups is 5. The molecule has 48 heavy (non-hydrogen) atoms. The van der Waals surface area contributed by atoms with Gasteiger partial charge in [0.15, 0.2) is 5.78 Å². The number of amides is 4. The number of H-pyrrole nitrogens is 1. The van der Waals surface area contributed by atoms with Crippen molar-refractivity contribution >= 4 is 29.4 Å². The Morgan fingerprint density at radius 1 is 0.938 bits per heavy atom. The van der Waals surface area contributed by atoms with Crippen LogP contribution < -0.4 is 26.6 Å². The van der Waals surface area contributed by atoms with Crippen LogP contribution in [0.3, 0.4) is 0 Å². The zero-order chi connectivity index (χ0) is 35.3. The highest BCUT2D eigenvalue weighted by molar-refractivity contribution is 5.97. The first-order valence-electron chi connectivity index (χ1n) is 16.6. The van der Waals surface area contributed by atoms with Crippen LogP contribution in [0.1, 0.15) is 77.5 Å². The molecule has 262 valence electrons. The number of aliphatic hydroxyl groups excluding tert-OH is 1. The lowest BCUT2D eigenvalue weighted by Crippen LogP contribution is -2.63. The van der Waals surface area contributed by atoms with Gasteiger partial charge >= 0.3 is 0 Å². The minimum Gasteiger partial charge on any atom is -0.391 e. The van der Waals surface area contributed by atoms with E-state index in [1.807, 2.05) is 42.5 Å². The topological polar surface area (TPSA) is 194 Å². The van der Waals surface area contributed by atoms with Gasteiger partial charge in [0, 0.05) is 24.7 Å². The number of likely N-dealkylation sites (N-methyl/N-ethyl adjacent to an activating group) is 1. The molecule has 4 amide bonds. The molecule has 3 rings (SSSR count). The van der Waals surface area contributed by atoms with E-state index in [4.69, 9.17) is 0 Å². The van der Waals surface area contributed by atoms with Gasteiger partial charge in [-0.1, -0.05) is 42.5 Å². The molecule has 1 unspecified atom stereocenters. The molecule has 6 atom stereocenters. The molecule has 13 nitrogen and oxygen atoms in total. The van der Waals surface area contributed by atoms with E-state index in [2.05, 4.69) is 36.6 Å². The van der Waals surface area contributed by atoms with Gasteiger partial charge in [-0.3, -0.25) is 24.0 Å². The quantitative estimate of drug-likeness (QED) is 0.216. The Bertz CT molecular complexity index is 1410. The molecule has 7 N–H and O–H groups in total. The monoisotopic (exact) mass is 665 g/mol. The lowest BCUT2D eigenvalue weighted by Gasteiger charge is -2.32. The normalized spacial score (nSPS) is 27.8. The third-order valence-corrected chi connectivity index (χ3v) is 9.07. The van der Waals surface area contributed by atoms with Crippen molar-refractivity contribution in [3.63, 3.8) is 0 Å². The van der Waals surface area contributed by atoms with E-state index >= 15 is 0 Å². The van der Waals surface area contributed by atoms with Crippen LogP contribution in [0.2, 0.25) is 0 Å². The molecule has 13 heteroatoms. The zero-order valence-corrected chi connectivity index (χ0v) is 28.6. The van der Waals surface area contributed by atoms with Gasteiger partial charge in [-0.25, -0.2) is 4.98 Å². The number of aromatic nitrogens is 2. The van der Waals surface area contributed by atoms with E-state index in [1.165, 1.54) is 26.4 Å². The number of nitrogens with zero attached hydrogens (tertiary/aromatic N) is 1. The van der Waals surface area contributed by atoms with E-state index < -0.39 is 58.9 Å². The summed E-state index contributed by atoms with van der Waals surface area (Å²) in [6.45, 7) is 6.21. The van der Waals surface area contributed by atoms with Crippen LogP contribution in [-0.4, -0.2) is 86.8 Å². The first-order valence-corrected chi connectivity index (χ1v) is 16.6. The predicted octanol–water partition coefficient (Wildman–Crippen LogP) is 1.38. The van der Waals surface area contributed by atoms with Gasteiger partial charge in [0.1, 0.15) is 18.1 Å². The molecule has 2 heterocycles. The molecule has 0 bridgehead atoms. The van der Waals surface area contributed by atoms with Crippen LogP contribution in [0.4, 0.5) is 0 Å². The average molecular weight is 666 g/mol. The molecule has 2 aromatic rings. The fourth-order valence-corrected chi connectivity index (χ4v) is 5.54. The van der Waals surface area contributed by atoms with Gasteiger partial charge in [-0.15, -0.1) is 0 Å². The van der Waals surface area contributed by atoms with Crippen LogP contribution in [0.5, 0.6) is 0 Å². The van der Waals surface area contributed by atoms with Gasteiger partial charge in [0.05, 0.1) is 23.5 Å².